The standard InChI is InChI=1S/C20H19ClN4OS/c1-11-5-6-14-9-15(18(21)22-17(14)12(11)2)10-27-20-24-23-19(25(20)4)16-7-8-26-13(16)3/h5-9H,10H2,1-4H3. The van der Waals surface area contributed by atoms with Crippen LogP contribution in [-0.4, -0.2) is 19.7 Å². The number of aryl methyl sites for hydroxylation is 3. The van der Waals surface area contributed by atoms with Gasteiger partial charge < -0.3 is 8.98 Å². The molecule has 0 unspecified atom stereocenters. The number of hydrogen-bond donors (Lipinski definition) is 0. The van der Waals surface area contributed by atoms with Gasteiger partial charge in [-0.1, -0.05) is 35.5 Å². The molecule has 0 radical (unpaired) electrons. The van der Waals surface area contributed by atoms with Crippen LogP contribution in [0.2, 0.25) is 5.15 Å². The molecule has 0 aliphatic carbocycles. The molecule has 138 valence electrons. The van der Waals surface area contributed by atoms with Crippen LogP contribution in [0.25, 0.3) is 22.3 Å². The lowest BCUT2D eigenvalue weighted by Crippen LogP contribution is -1.96. The maximum atomic E-state index is 6.46. The maximum Gasteiger partial charge on any atom is 0.191 e. The first-order valence-electron chi connectivity index (χ1n) is 8.57. The van der Waals surface area contributed by atoms with Crippen LogP contribution in [0.3, 0.4) is 0 Å². The summed E-state index contributed by atoms with van der Waals surface area (Å²) < 4.78 is 7.34. The summed E-state index contributed by atoms with van der Waals surface area (Å²) in [4.78, 5) is 4.62. The molecular formula is C20H19ClN4OS. The molecule has 7 heteroatoms. The highest BCUT2D eigenvalue weighted by atomic mass is 35.5. The van der Waals surface area contributed by atoms with Crippen LogP contribution in [0.1, 0.15) is 22.5 Å². The van der Waals surface area contributed by atoms with Gasteiger partial charge in [0.05, 0.1) is 17.3 Å². The summed E-state index contributed by atoms with van der Waals surface area (Å²) in [6, 6.07) is 8.23. The molecule has 0 fully saturated rings. The van der Waals surface area contributed by atoms with Crippen LogP contribution >= 0.6 is 23.4 Å². The van der Waals surface area contributed by atoms with Crippen molar-refractivity contribution >= 4 is 34.3 Å². The van der Waals surface area contributed by atoms with Gasteiger partial charge in [0.1, 0.15) is 10.9 Å². The Bertz CT molecular complexity index is 1150. The van der Waals surface area contributed by atoms with E-state index in [2.05, 4.69) is 47.2 Å². The van der Waals surface area contributed by atoms with Crippen molar-refractivity contribution in [3.05, 3.63) is 58.1 Å². The van der Waals surface area contributed by atoms with Gasteiger partial charge in [-0.25, -0.2) is 4.98 Å². The predicted molar refractivity (Wildman–Crippen MR) is 109 cm³/mol. The van der Waals surface area contributed by atoms with E-state index in [1.165, 1.54) is 11.1 Å². The van der Waals surface area contributed by atoms with Gasteiger partial charge in [-0.2, -0.15) is 0 Å². The molecule has 0 amide bonds. The average molecular weight is 399 g/mol. The molecule has 3 heterocycles. The monoisotopic (exact) mass is 398 g/mol. The topological polar surface area (TPSA) is 56.7 Å². The second-order valence-electron chi connectivity index (χ2n) is 6.56. The van der Waals surface area contributed by atoms with Crippen molar-refractivity contribution in [2.24, 2.45) is 7.05 Å². The van der Waals surface area contributed by atoms with Gasteiger partial charge in [-0.05, 0) is 44.0 Å². The van der Waals surface area contributed by atoms with Crippen molar-refractivity contribution in [1.29, 1.82) is 0 Å². The zero-order valence-electron chi connectivity index (χ0n) is 15.6. The Morgan fingerprint density at radius 1 is 1.15 bits per heavy atom. The summed E-state index contributed by atoms with van der Waals surface area (Å²) in [6.07, 6.45) is 1.66. The van der Waals surface area contributed by atoms with E-state index in [0.29, 0.717) is 10.9 Å². The molecule has 0 aliphatic rings. The van der Waals surface area contributed by atoms with E-state index in [9.17, 15) is 0 Å². The van der Waals surface area contributed by atoms with E-state index in [1.54, 1.807) is 18.0 Å². The highest BCUT2D eigenvalue weighted by molar-refractivity contribution is 7.98. The molecule has 0 spiro atoms. The highest BCUT2D eigenvalue weighted by Crippen LogP contribution is 2.31. The third-order valence-corrected chi connectivity index (χ3v) is 6.23. The lowest BCUT2D eigenvalue weighted by Gasteiger charge is -2.09. The second kappa shape index (κ2) is 7.02. The number of hydrogen-bond acceptors (Lipinski definition) is 5. The molecule has 4 rings (SSSR count). The minimum atomic E-state index is 0.539. The molecule has 0 saturated heterocycles. The number of pyridine rings is 1. The number of furan rings is 1. The maximum absolute atomic E-state index is 6.46. The van der Waals surface area contributed by atoms with E-state index in [0.717, 1.165) is 38.8 Å². The van der Waals surface area contributed by atoms with Crippen molar-refractivity contribution in [3.63, 3.8) is 0 Å². The van der Waals surface area contributed by atoms with E-state index in [4.69, 9.17) is 16.0 Å². The van der Waals surface area contributed by atoms with Gasteiger partial charge in [0.15, 0.2) is 11.0 Å². The molecule has 1 aromatic carbocycles. The fourth-order valence-electron chi connectivity index (χ4n) is 3.04. The first-order valence-corrected chi connectivity index (χ1v) is 9.94. The van der Waals surface area contributed by atoms with Crippen LogP contribution in [0.5, 0.6) is 0 Å². The third-order valence-electron chi connectivity index (χ3n) is 4.83. The molecular weight excluding hydrogens is 380 g/mol. The number of nitrogens with zero attached hydrogens (tertiary/aromatic N) is 4. The first-order chi connectivity index (χ1) is 13.0. The Labute approximate surface area is 166 Å². The summed E-state index contributed by atoms with van der Waals surface area (Å²) in [7, 11) is 1.95. The molecule has 4 aromatic rings. The van der Waals surface area contributed by atoms with E-state index < -0.39 is 0 Å². The second-order valence-corrected chi connectivity index (χ2v) is 7.86. The summed E-state index contributed by atoms with van der Waals surface area (Å²) in [6.45, 7) is 6.08. The number of rotatable bonds is 4. The number of thioether (sulfide) groups is 1. The van der Waals surface area contributed by atoms with Gasteiger partial charge in [-0.15, -0.1) is 10.2 Å². The molecule has 5 nitrogen and oxygen atoms in total. The van der Waals surface area contributed by atoms with Gasteiger partial charge in [0.2, 0.25) is 0 Å². The van der Waals surface area contributed by atoms with Crippen molar-refractivity contribution < 1.29 is 4.42 Å². The molecule has 0 bridgehead atoms. The molecule has 3 aromatic heterocycles. The quantitative estimate of drug-likeness (QED) is 0.336. The van der Waals surface area contributed by atoms with Crippen molar-refractivity contribution in [1.82, 2.24) is 19.7 Å². The smallest absolute Gasteiger partial charge is 0.191 e. The zero-order chi connectivity index (χ0) is 19.1. The first kappa shape index (κ1) is 18.1. The van der Waals surface area contributed by atoms with Gasteiger partial charge >= 0.3 is 0 Å². The molecule has 0 atom stereocenters. The van der Waals surface area contributed by atoms with E-state index >= 15 is 0 Å². The van der Waals surface area contributed by atoms with Crippen LogP contribution in [-0.2, 0) is 12.8 Å². The lowest BCUT2D eigenvalue weighted by atomic mass is 10.0. The number of benzene rings is 1. The Kier molecular flexibility index (Phi) is 4.70. The summed E-state index contributed by atoms with van der Waals surface area (Å²) >= 11 is 8.05. The molecule has 27 heavy (non-hydrogen) atoms. The molecule has 0 saturated carbocycles. The number of halogens is 1. The Hall–Kier alpha value is -2.31. The van der Waals surface area contributed by atoms with Gasteiger partial charge in [-0.3, -0.25) is 0 Å². The van der Waals surface area contributed by atoms with Gasteiger partial charge in [0.25, 0.3) is 0 Å². The lowest BCUT2D eigenvalue weighted by molar-refractivity contribution is 0.534. The Morgan fingerprint density at radius 3 is 2.70 bits per heavy atom. The van der Waals surface area contributed by atoms with Crippen LogP contribution < -0.4 is 0 Å². The summed E-state index contributed by atoms with van der Waals surface area (Å²) in [5.74, 6) is 2.29. The number of fused-ring (bicyclic) bond motifs is 1. The highest BCUT2D eigenvalue weighted by Gasteiger charge is 2.16. The summed E-state index contributed by atoms with van der Waals surface area (Å²) in [5, 5.41) is 11.1. The fraction of sp³-hybridized carbons (Fsp3) is 0.250. The third kappa shape index (κ3) is 3.24. The van der Waals surface area contributed by atoms with Crippen molar-refractivity contribution in [3.8, 4) is 11.4 Å². The SMILES string of the molecule is Cc1ccc2cc(CSc3nnc(-c4ccoc4C)n3C)c(Cl)nc2c1C. The average Bonchev–Trinajstić information content (AvgIpc) is 3.22. The Morgan fingerprint density at radius 2 is 1.96 bits per heavy atom. The zero-order valence-corrected chi connectivity index (χ0v) is 17.1. The van der Waals surface area contributed by atoms with Crippen LogP contribution in [0.4, 0.5) is 0 Å². The Balaban J connectivity index is 1.61. The summed E-state index contributed by atoms with van der Waals surface area (Å²) in [5.41, 5.74) is 5.29. The van der Waals surface area contributed by atoms with Crippen molar-refractivity contribution in [2.75, 3.05) is 0 Å². The fourth-order valence-corrected chi connectivity index (χ4v) is 4.21. The largest absolute Gasteiger partial charge is 0.469 e. The molecule has 0 N–H and O–H groups in total. The van der Waals surface area contributed by atoms with E-state index in [-0.39, 0.29) is 0 Å². The minimum absolute atomic E-state index is 0.539. The van der Waals surface area contributed by atoms with Crippen molar-refractivity contribution in [2.45, 2.75) is 31.7 Å². The van der Waals surface area contributed by atoms with Crippen LogP contribution in [0, 0.1) is 20.8 Å². The van der Waals surface area contributed by atoms with Gasteiger partial charge in [0, 0.05) is 23.8 Å². The molecule has 0 aliphatic heterocycles. The number of aromatic nitrogens is 4. The minimum Gasteiger partial charge on any atom is -0.469 e. The predicted octanol–water partition coefficient (Wildman–Crippen LogP) is 5.49. The van der Waals surface area contributed by atoms with Crippen LogP contribution in [0.15, 0.2) is 40.1 Å². The normalized spacial score (nSPS) is 11.4. The van der Waals surface area contributed by atoms with E-state index in [1.807, 2.05) is 24.6 Å².